The number of nitrogens with one attached hydrogen (secondary N) is 2. The summed E-state index contributed by atoms with van der Waals surface area (Å²) in [5.74, 6) is -0.209. The van der Waals surface area contributed by atoms with E-state index in [0.717, 1.165) is 12.0 Å². The van der Waals surface area contributed by atoms with Gasteiger partial charge in [0, 0.05) is 6.04 Å². The van der Waals surface area contributed by atoms with Crippen molar-refractivity contribution in [2.75, 3.05) is 0 Å². The molecule has 1 aliphatic heterocycles. The molecule has 0 bridgehead atoms. The Morgan fingerprint density at radius 1 is 1.23 bits per heavy atom. The number of rotatable bonds is 1. The van der Waals surface area contributed by atoms with Gasteiger partial charge < -0.3 is 5.73 Å². The van der Waals surface area contributed by atoms with E-state index in [1.807, 2.05) is 0 Å². The maximum atomic E-state index is 12.6. The van der Waals surface area contributed by atoms with E-state index in [1.165, 1.54) is 12.1 Å². The van der Waals surface area contributed by atoms with Crippen molar-refractivity contribution in [1.29, 1.82) is 0 Å². The van der Waals surface area contributed by atoms with Gasteiger partial charge in [-0.1, -0.05) is 12.1 Å². The fraction of sp³-hybridized carbons (Fsp3) is 0.333. The van der Waals surface area contributed by atoms with Gasteiger partial charge in [0.05, 0.1) is 6.17 Å². The highest BCUT2D eigenvalue weighted by molar-refractivity contribution is 5.20. The van der Waals surface area contributed by atoms with Crippen LogP contribution < -0.4 is 16.6 Å². The summed E-state index contributed by atoms with van der Waals surface area (Å²) in [7, 11) is 0. The Morgan fingerprint density at radius 2 is 1.92 bits per heavy atom. The van der Waals surface area contributed by atoms with Gasteiger partial charge in [-0.05, 0) is 24.1 Å². The standard InChI is InChI=1S/C9H12FN3/c10-7-3-1-6(2-4-7)8-5-9(11)13-12-8/h1-4,8-9,12-13H,5,11H2. The van der Waals surface area contributed by atoms with Crippen LogP contribution in [0, 0.1) is 5.82 Å². The first-order valence-corrected chi connectivity index (χ1v) is 4.28. The lowest BCUT2D eigenvalue weighted by atomic mass is 10.0. The lowest BCUT2D eigenvalue weighted by Crippen LogP contribution is -2.36. The Labute approximate surface area is 76.1 Å². The zero-order valence-corrected chi connectivity index (χ0v) is 7.13. The van der Waals surface area contributed by atoms with Crippen LogP contribution in [-0.4, -0.2) is 6.17 Å². The first-order chi connectivity index (χ1) is 6.25. The molecule has 4 heteroatoms. The van der Waals surface area contributed by atoms with Crippen LogP contribution in [0.2, 0.25) is 0 Å². The Hall–Kier alpha value is -0.970. The summed E-state index contributed by atoms with van der Waals surface area (Å²) in [6, 6.07) is 6.65. The smallest absolute Gasteiger partial charge is 0.123 e. The van der Waals surface area contributed by atoms with Crippen LogP contribution in [0.4, 0.5) is 4.39 Å². The number of nitrogens with two attached hydrogens (primary N) is 1. The lowest BCUT2D eigenvalue weighted by Gasteiger charge is -2.08. The van der Waals surface area contributed by atoms with E-state index < -0.39 is 0 Å². The molecule has 1 saturated heterocycles. The zero-order chi connectivity index (χ0) is 9.26. The monoisotopic (exact) mass is 181 g/mol. The summed E-state index contributed by atoms with van der Waals surface area (Å²) in [5.41, 5.74) is 12.7. The van der Waals surface area contributed by atoms with Gasteiger partial charge in [-0.2, -0.15) is 0 Å². The van der Waals surface area contributed by atoms with Crippen LogP contribution in [-0.2, 0) is 0 Å². The minimum Gasteiger partial charge on any atom is -0.315 e. The normalized spacial score (nSPS) is 27.8. The summed E-state index contributed by atoms with van der Waals surface area (Å²) >= 11 is 0. The number of hydrogen-bond acceptors (Lipinski definition) is 3. The zero-order valence-electron chi connectivity index (χ0n) is 7.13. The predicted octanol–water partition coefficient (Wildman–Crippen LogP) is 0.649. The van der Waals surface area contributed by atoms with E-state index in [0.29, 0.717) is 0 Å². The van der Waals surface area contributed by atoms with Crippen molar-refractivity contribution in [3.8, 4) is 0 Å². The van der Waals surface area contributed by atoms with Crippen molar-refractivity contribution in [2.24, 2.45) is 5.73 Å². The Balaban J connectivity index is 2.13. The van der Waals surface area contributed by atoms with Crippen LogP contribution >= 0.6 is 0 Å². The van der Waals surface area contributed by atoms with E-state index in [1.54, 1.807) is 12.1 Å². The highest BCUT2D eigenvalue weighted by Gasteiger charge is 2.21. The highest BCUT2D eigenvalue weighted by atomic mass is 19.1. The SMILES string of the molecule is NC1CC(c2ccc(F)cc2)NN1. The molecule has 70 valence electrons. The van der Waals surface area contributed by atoms with E-state index >= 15 is 0 Å². The molecule has 1 aromatic carbocycles. The van der Waals surface area contributed by atoms with Gasteiger partial charge in [0.2, 0.25) is 0 Å². The van der Waals surface area contributed by atoms with Crippen LogP contribution in [0.5, 0.6) is 0 Å². The van der Waals surface area contributed by atoms with Crippen molar-refractivity contribution >= 4 is 0 Å². The summed E-state index contributed by atoms with van der Waals surface area (Å²) in [4.78, 5) is 0. The molecule has 0 amide bonds. The summed E-state index contributed by atoms with van der Waals surface area (Å²) in [6.45, 7) is 0. The maximum absolute atomic E-state index is 12.6. The summed E-state index contributed by atoms with van der Waals surface area (Å²) in [6.07, 6.45) is 0.807. The van der Waals surface area contributed by atoms with Crippen LogP contribution in [0.3, 0.4) is 0 Å². The van der Waals surface area contributed by atoms with Gasteiger partial charge in [-0.15, -0.1) is 0 Å². The molecule has 0 spiro atoms. The second-order valence-corrected chi connectivity index (χ2v) is 3.24. The van der Waals surface area contributed by atoms with Crippen molar-refractivity contribution in [2.45, 2.75) is 18.6 Å². The number of halogens is 1. The minimum atomic E-state index is -0.209. The molecule has 1 heterocycles. The third kappa shape index (κ3) is 1.85. The van der Waals surface area contributed by atoms with Crippen molar-refractivity contribution in [1.82, 2.24) is 10.9 Å². The summed E-state index contributed by atoms with van der Waals surface area (Å²) < 4.78 is 12.6. The van der Waals surface area contributed by atoms with Gasteiger partial charge >= 0.3 is 0 Å². The van der Waals surface area contributed by atoms with Crippen molar-refractivity contribution < 1.29 is 4.39 Å². The second-order valence-electron chi connectivity index (χ2n) is 3.24. The molecule has 0 aliphatic carbocycles. The number of benzene rings is 1. The third-order valence-electron chi connectivity index (χ3n) is 2.20. The summed E-state index contributed by atoms with van der Waals surface area (Å²) in [5, 5.41) is 0. The Bertz CT molecular complexity index is 285. The average Bonchev–Trinajstić information content (AvgIpc) is 2.53. The molecular formula is C9H12FN3. The molecule has 4 N–H and O–H groups in total. The lowest BCUT2D eigenvalue weighted by molar-refractivity contribution is 0.551. The van der Waals surface area contributed by atoms with Gasteiger partial charge in [0.25, 0.3) is 0 Å². The molecule has 2 unspecified atom stereocenters. The first-order valence-electron chi connectivity index (χ1n) is 4.28. The van der Waals surface area contributed by atoms with E-state index in [9.17, 15) is 4.39 Å². The minimum absolute atomic E-state index is 0.0185. The van der Waals surface area contributed by atoms with Gasteiger partial charge in [0.1, 0.15) is 5.82 Å². The Kier molecular flexibility index (Phi) is 2.26. The maximum Gasteiger partial charge on any atom is 0.123 e. The molecule has 3 nitrogen and oxygen atoms in total. The molecule has 13 heavy (non-hydrogen) atoms. The van der Waals surface area contributed by atoms with E-state index in [2.05, 4.69) is 10.9 Å². The third-order valence-corrected chi connectivity index (χ3v) is 2.20. The second kappa shape index (κ2) is 3.41. The molecule has 1 aliphatic rings. The van der Waals surface area contributed by atoms with Crippen LogP contribution in [0.1, 0.15) is 18.0 Å². The van der Waals surface area contributed by atoms with Crippen LogP contribution in [0.25, 0.3) is 0 Å². The molecule has 1 aromatic rings. The Morgan fingerprint density at radius 3 is 2.46 bits per heavy atom. The molecule has 0 radical (unpaired) electrons. The molecular weight excluding hydrogens is 169 g/mol. The highest BCUT2D eigenvalue weighted by Crippen LogP contribution is 2.20. The van der Waals surface area contributed by atoms with Gasteiger partial charge in [-0.25, -0.2) is 15.2 Å². The fourth-order valence-corrected chi connectivity index (χ4v) is 1.49. The van der Waals surface area contributed by atoms with E-state index in [-0.39, 0.29) is 18.0 Å². The van der Waals surface area contributed by atoms with Crippen LogP contribution in [0.15, 0.2) is 24.3 Å². The van der Waals surface area contributed by atoms with Crippen molar-refractivity contribution in [3.05, 3.63) is 35.6 Å². The number of hydrazine groups is 1. The molecule has 0 aromatic heterocycles. The van der Waals surface area contributed by atoms with Gasteiger partial charge in [0.15, 0.2) is 0 Å². The molecule has 1 fully saturated rings. The average molecular weight is 181 g/mol. The molecule has 2 rings (SSSR count). The number of hydrogen-bond donors (Lipinski definition) is 3. The van der Waals surface area contributed by atoms with E-state index in [4.69, 9.17) is 5.73 Å². The first kappa shape index (κ1) is 8.62. The largest absolute Gasteiger partial charge is 0.315 e. The molecule has 2 atom stereocenters. The quantitative estimate of drug-likeness (QED) is 0.596. The fourth-order valence-electron chi connectivity index (χ4n) is 1.49. The predicted molar refractivity (Wildman–Crippen MR) is 48.0 cm³/mol. The topological polar surface area (TPSA) is 50.1 Å². The van der Waals surface area contributed by atoms with Crippen molar-refractivity contribution in [3.63, 3.8) is 0 Å². The molecule has 0 saturated carbocycles. The van der Waals surface area contributed by atoms with Gasteiger partial charge in [-0.3, -0.25) is 0 Å².